The standard InChI is InChI=1S/C14H24N4O3/c1-14(2,20)6-9-18-12(10-4-7-15-8-5-10)11(16-17-18)13(19)21-3/h10,15,20H,4-9H2,1-3H3. The maximum absolute atomic E-state index is 11.9. The van der Waals surface area contributed by atoms with Crippen molar-refractivity contribution >= 4 is 5.97 Å². The monoisotopic (exact) mass is 296 g/mol. The Bertz CT molecular complexity index is 487. The molecule has 1 aromatic heterocycles. The van der Waals surface area contributed by atoms with Gasteiger partial charge in [-0.3, -0.25) is 0 Å². The number of nitrogens with one attached hydrogen (secondary N) is 1. The third-order valence-electron chi connectivity index (χ3n) is 3.81. The van der Waals surface area contributed by atoms with Crippen LogP contribution in [0.2, 0.25) is 0 Å². The van der Waals surface area contributed by atoms with E-state index in [1.807, 2.05) is 0 Å². The van der Waals surface area contributed by atoms with Gasteiger partial charge in [0.1, 0.15) is 0 Å². The van der Waals surface area contributed by atoms with Gasteiger partial charge in [0, 0.05) is 12.5 Å². The molecule has 1 aliphatic heterocycles. The number of rotatable bonds is 5. The van der Waals surface area contributed by atoms with Gasteiger partial charge in [0.15, 0.2) is 5.69 Å². The van der Waals surface area contributed by atoms with E-state index in [1.54, 1.807) is 18.5 Å². The highest BCUT2D eigenvalue weighted by Crippen LogP contribution is 2.28. The minimum atomic E-state index is -0.775. The summed E-state index contributed by atoms with van der Waals surface area (Å²) in [7, 11) is 1.35. The number of aromatic nitrogens is 3. The van der Waals surface area contributed by atoms with Gasteiger partial charge in [0.2, 0.25) is 0 Å². The van der Waals surface area contributed by atoms with E-state index < -0.39 is 11.6 Å². The normalized spacial score (nSPS) is 17.0. The molecule has 0 aromatic carbocycles. The zero-order valence-electron chi connectivity index (χ0n) is 12.9. The molecule has 0 spiro atoms. The first-order chi connectivity index (χ1) is 9.92. The molecule has 1 aliphatic rings. The molecule has 7 nitrogen and oxygen atoms in total. The van der Waals surface area contributed by atoms with Crippen LogP contribution in [-0.4, -0.2) is 51.9 Å². The van der Waals surface area contributed by atoms with Crippen LogP contribution in [0.4, 0.5) is 0 Å². The third-order valence-corrected chi connectivity index (χ3v) is 3.81. The van der Waals surface area contributed by atoms with Crippen LogP contribution in [-0.2, 0) is 11.3 Å². The SMILES string of the molecule is COC(=O)c1nnn(CCC(C)(C)O)c1C1CCNCC1. The van der Waals surface area contributed by atoms with Gasteiger partial charge in [-0.05, 0) is 46.2 Å². The fourth-order valence-electron chi connectivity index (χ4n) is 2.61. The molecule has 0 atom stereocenters. The summed E-state index contributed by atoms with van der Waals surface area (Å²) in [5.41, 5.74) is 0.371. The minimum absolute atomic E-state index is 0.247. The molecule has 0 bridgehead atoms. The average molecular weight is 296 g/mol. The van der Waals surface area contributed by atoms with Crippen LogP contribution >= 0.6 is 0 Å². The van der Waals surface area contributed by atoms with Crippen LogP contribution in [0.1, 0.15) is 55.2 Å². The molecule has 7 heteroatoms. The maximum atomic E-state index is 11.9. The summed E-state index contributed by atoms with van der Waals surface area (Å²) in [4.78, 5) is 11.9. The van der Waals surface area contributed by atoms with Crippen LogP contribution in [0.5, 0.6) is 0 Å². The largest absolute Gasteiger partial charge is 0.464 e. The van der Waals surface area contributed by atoms with Crippen LogP contribution in [0.3, 0.4) is 0 Å². The molecule has 0 saturated carbocycles. The van der Waals surface area contributed by atoms with Gasteiger partial charge < -0.3 is 15.2 Å². The predicted octanol–water partition coefficient (Wildman–Crippen LogP) is 0.693. The number of nitrogens with zero attached hydrogens (tertiary/aromatic N) is 3. The van der Waals surface area contributed by atoms with Gasteiger partial charge in [-0.25, -0.2) is 9.48 Å². The first-order valence-corrected chi connectivity index (χ1v) is 7.37. The lowest BCUT2D eigenvalue weighted by Gasteiger charge is -2.24. The van der Waals surface area contributed by atoms with E-state index in [4.69, 9.17) is 4.74 Å². The zero-order chi connectivity index (χ0) is 15.5. The first kappa shape index (κ1) is 15.9. The second-order valence-corrected chi connectivity index (χ2v) is 6.12. The van der Waals surface area contributed by atoms with Crippen LogP contribution < -0.4 is 5.32 Å². The van der Waals surface area contributed by atoms with Crippen molar-refractivity contribution in [2.45, 2.75) is 51.2 Å². The first-order valence-electron chi connectivity index (χ1n) is 7.37. The van der Waals surface area contributed by atoms with Crippen molar-refractivity contribution in [2.24, 2.45) is 0 Å². The Labute approximate surface area is 124 Å². The summed E-state index contributed by atoms with van der Waals surface area (Å²) in [6.45, 7) is 5.89. The van der Waals surface area contributed by atoms with Gasteiger partial charge in [-0.15, -0.1) is 5.10 Å². The predicted molar refractivity (Wildman–Crippen MR) is 77.1 cm³/mol. The highest BCUT2D eigenvalue weighted by atomic mass is 16.5. The molecule has 0 aliphatic carbocycles. The van der Waals surface area contributed by atoms with E-state index in [1.165, 1.54) is 7.11 Å². The van der Waals surface area contributed by atoms with Crippen LogP contribution in [0.25, 0.3) is 0 Å². The summed E-state index contributed by atoms with van der Waals surface area (Å²) >= 11 is 0. The van der Waals surface area contributed by atoms with Crippen molar-refractivity contribution in [3.05, 3.63) is 11.4 Å². The molecule has 0 unspecified atom stereocenters. The van der Waals surface area contributed by atoms with Gasteiger partial charge in [-0.2, -0.15) is 0 Å². The van der Waals surface area contributed by atoms with Gasteiger partial charge in [0.25, 0.3) is 0 Å². The van der Waals surface area contributed by atoms with Crippen LogP contribution in [0, 0.1) is 0 Å². The van der Waals surface area contributed by atoms with E-state index in [2.05, 4.69) is 15.6 Å². The number of ether oxygens (including phenoxy) is 1. The Morgan fingerprint density at radius 1 is 1.48 bits per heavy atom. The van der Waals surface area contributed by atoms with Crippen molar-refractivity contribution in [3.8, 4) is 0 Å². The quantitative estimate of drug-likeness (QED) is 0.777. The van der Waals surface area contributed by atoms with Crippen molar-refractivity contribution in [2.75, 3.05) is 20.2 Å². The number of carbonyl (C=O) groups excluding carboxylic acids is 1. The molecule has 2 rings (SSSR count). The van der Waals surface area contributed by atoms with Gasteiger partial charge in [-0.1, -0.05) is 5.21 Å². The number of esters is 1. The second-order valence-electron chi connectivity index (χ2n) is 6.12. The van der Waals surface area contributed by atoms with Crippen molar-refractivity contribution in [3.63, 3.8) is 0 Å². The van der Waals surface area contributed by atoms with Crippen LogP contribution in [0.15, 0.2) is 0 Å². The second kappa shape index (κ2) is 6.53. The fraction of sp³-hybridized carbons (Fsp3) is 0.786. The molecule has 1 saturated heterocycles. The Morgan fingerprint density at radius 3 is 2.71 bits per heavy atom. The topological polar surface area (TPSA) is 89.3 Å². The zero-order valence-corrected chi connectivity index (χ0v) is 12.9. The van der Waals surface area contributed by atoms with Crippen molar-refractivity contribution in [1.29, 1.82) is 0 Å². The van der Waals surface area contributed by atoms with Crippen molar-refractivity contribution < 1.29 is 14.6 Å². The molecule has 118 valence electrons. The highest BCUT2D eigenvalue weighted by molar-refractivity contribution is 5.88. The number of aryl methyl sites for hydroxylation is 1. The Hall–Kier alpha value is -1.47. The summed E-state index contributed by atoms with van der Waals surface area (Å²) < 4.78 is 6.56. The summed E-state index contributed by atoms with van der Waals surface area (Å²) in [6, 6.07) is 0. The number of methoxy groups -OCH3 is 1. The number of carbonyl (C=O) groups is 1. The summed E-state index contributed by atoms with van der Waals surface area (Å²) in [6.07, 6.45) is 2.44. The molecule has 1 aromatic rings. The smallest absolute Gasteiger partial charge is 0.360 e. The van der Waals surface area contributed by atoms with E-state index in [0.717, 1.165) is 31.6 Å². The maximum Gasteiger partial charge on any atom is 0.360 e. The van der Waals surface area contributed by atoms with Gasteiger partial charge >= 0.3 is 5.97 Å². The minimum Gasteiger partial charge on any atom is -0.464 e. The Balaban J connectivity index is 2.26. The number of hydrogen-bond acceptors (Lipinski definition) is 6. The summed E-state index contributed by atoms with van der Waals surface area (Å²) in [5, 5.41) is 21.3. The molecule has 1 fully saturated rings. The molecule has 21 heavy (non-hydrogen) atoms. The molecular weight excluding hydrogens is 272 g/mol. The van der Waals surface area contributed by atoms with E-state index in [0.29, 0.717) is 18.7 Å². The van der Waals surface area contributed by atoms with E-state index in [9.17, 15) is 9.90 Å². The summed E-state index contributed by atoms with van der Waals surface area (Å²) in [5.74, 6) is -0.199. The fourth-order valence-corrected chi connectivity index (χ4v) is 2.61. The number of hydrogen-bond donors (Lipinski definition) is 2. The molecule has 2 N–H and O–H groups in total. The van der Waals surface area contributed by atoms with E-state index in [-0.39, 0.29) is 5.92 Å². The molecule has 0 amide bonds. The third kappa shape index (κ3) is 4.01. The van der Waals surface area contributed by atoms with Gasteiger partial charge in [0.05, 0.1) is 18.4 Å². The molecular formula is C14H24N4O3. The lowest BCUT2D eigenvalue weighted by molar-refractivity contribution is 0.0591. The number of piperidine rings is 1. The highest BCUT2D eigenvalue weighted by Gasteiger charge is 2.28. The molecule has 2 heterocycles. The lowest BCUT2D eigenvalue weighted by Crippen LogP contribution is -2.29. The Kier molecular flexibility index (Phi) is 4.95. The van der Waals surface area contributed by atoms with Crippen molar-refractivity contribution in [1.82, 2.24) is 20.3 Å². The average Bonchev–Trinajstić information content (AvgIpc) is 2.88. The molecule has 0 radical (unpaired) electrons. The van der Waals surface area contributed by atoms with E-state index >= 15 is 0 Å². The number of aliphatic hydroxyl groups is 1. The Morgan fingerprint density at radius 2 is 2.14 bits per heavy atom. The lowest BCUT2D eigenvalue weighted by atomic mass is 9.92.